The number of alkyl halides is 2. The molecule has 0 aromatic heterocycles. The topological polar surface area (TPSA) is 92.6 Å². The van der Waals surface area contributed by atoms with Crippen LogP contribution in [0, 0.1) is 16.0 Å². The summed E-state index contributed by atoms with van der Waals surface area (Å²) in [7, 11) is -4.87. The van der Waals surface area contributed by atoms with Crippen LogP contribution in [0.5, 0.6) is 0 Å². The molecule has 1 aliphatic heterocycles. The molecule has 1 aliphatic rings. The summed E-state index contributed by atoms with van der Waals surface area (Å²) >= 11 is 0. The minimum atomic E-state index is -4.87. The molecule has 1 N–H and O–H groups in total. The summed E-state index contributed by atoms with van der Waals surface area (Å²) in [4.78, 5) is 12.0. The quantitative estimate of drug-likeness (QED) is 0.580. The van der Waals surface area contributed by atoms with E-state index in [1.54, 1.807) is 0 Å². The fourth-order valence-electron chi connectivity index (χ4n) is 2.95. The van der Waals surface area contributed by atoms with Crippen LogP contribution in [0.2, 0.25) is 0 Å². The fourth-order valence-corrected chi connectivity index (χ4v) is 3.69. The van der Waals surface area contributed by atoms with Crippen LogP contribution in [0.25, 0.3) is 0 Å². The second-order valence-electron chi connectivity index (χ2n) is 6.02. The Morgan fingerprint density at radius 3 is 2.76 bits per heavy atom. The lowest BCUT2D eigenvalue weighted by Crippen LogP contribution is -2.37. The molecule has 7 nitrogen and oxygen atoms in total. The standard InChI is InChI=1S/C15H21F2N3O4S/c1-2-19-7-3-4-11(10-19)9-18-13-6-5-12(8-14(13)20(21)22)25(23,24)15(16)17/h5-6,8,11,15,18H,2-4,7,9-10H2,1H3. The lowest BCUT2D eigenvalue weighted by atomic mass is 9.98. The van der Waals surface area contributed by atoms with Crippen LogP contribution in [0.1, 0.15) is 19.8 Å². The summed E-state index contributed by atoms with van der Waals surface area (Å²) < 4.78 is 48.2. The molecule has 25 heavy (non-hydrogen) atoms. The van der Waals surface area contributed by atoms with Crippen LogP contribution in [-0.4, -0.2) is 50.2 Å². The summed E-state index contributed by atoms with van der Waals surface area (Å²) in [6.07, 6.45) is 2.04. The summed E-state index contributed by atoms with van der Waals surface area (Å²) in [6, 6.07) is 2.83. The molecular weight excluding hydrogens is 356 g/mol. The van der Waals surface area contributed by atoms with Crippen molar-refractivity contribution in [1.29, 1.82) is 0 Å². The van der Waals surface area contributed by atoms with E-state index in [2.05, 4.69) is 17.1 Å². The number of likely N-dealkylation sites (tertiary alicyclic amines) is 1. The van der Waals surface area contributed by atoms with E-state index in [0.29, 0.717) is 18.5 Å². The third kappa shape index (κ3) is 4.63. The van der Waals surface area contributed by atoms with Crippen LogP contribution in [-0.2, 0) is 9.84 Å². The van der Waals surface area contributed by atoms with Crippen LogP contribution >= 0.6 is 0 Å². The number of halogens is 2. The SMILES string of the molecule is CCN1CCCC(CNc2ccc(S(=O)(=O)C(F)F)cc2[N+](=O)[O-])C1. The first-order chi connectivity index (χ1) is 11.8. The van der Waals surface area contributed by atoms with Crippen LogP contribution < -0.4 is 5.32 Å². The average molecular weight is 377 g/mol. The van der Waals surface area contributed by atoms with E-state index in [9.17, 15) is 27.3 Å². The van der Waals surface area contributed by atoms with Crippen LogP contribution in [0.3, 0.4) is 0 Å². The van der Waals surface area contributed by atoms with Crippen molar-refractivity contribution in [3.63, 3.8) is 0 Å². The molecule has 1 heterocycles. The number of anilines is 1. The Morgan fingerprint density at radius 2 is 2.16 bits per heavy atom. The second-order valence-corrected chi connectivity index (χ2v) is 7.94. The molecule has 2 rings (SSSR count). The van der Waals surface area contributed by atoms with Crippen molar-refractivity contribution in [3.8, 4) is 0 Å². The Hall–Kier alpha value is -1.81. The Kier molecular flexibility index (Phi) is 6.28. The fraction of sp³-hybridized carbons (Fsp3) is 0.600. The zero-order valence-corrected chi connectivity index (χ0v) is 14.6. The van der Waals surface area contributed by atoms with Crippen molar-refractivity contribution < 1.29 is 22.1 Å². The number of benzene rings is 1. The van der Waals surface area contributed by atoms with E-state index in [4.69, 9.17) is 0 Å². The van der Waals surface area contributed by atoms with Gasteiger partial charge in [0.15, 0.2) is 0 Å². The van der Waals surface area contributed by atoms with E-state index in [-0.39, 0.29) is 5.69 Å². The lowest BCUT2D eigenvalue weighted by Gasteiger charge is -2.32. The lowest BCUT2D eigenvalue weighted by molar-refractivity contribution is -0.384. The number of nitro benzene ring substituents is 1. The van der Waals surface area contributed by atoms with Gasteiger partial charge in [0, 0.05) is 19.2 Å². The van der Waals surface area contributed by atoms with Gasteiger partial charge in [0.05, 0.1) is 9.82 Å². The molecule has 0 aliphatic carbocycles. The van der Waals surface area contributed by atoms with Gasteiger partial charge in [-0.15, -0.1) is 0 Å². The zero-order valence-electron chi connectivity index (χ0n) is 13.8. The number of piperidine rings is 1. The maximum absolute atomic E-state index is 12.6. The third-order valence-corrected chi connectivity index (χ3v) is 5.74. The highest BCUT2D eigenvalue weighted by molar-refractivity contribution is 7.91. The van der Waals surface area contributed by atoms with E-state index in [1.165, 1.54) is 6.07 Å². The highest BCUT2D eigenvalue weighted by Gasteiger charge is 2.29. The summed E-state index contributed by atoms with van der Waals surface area (Å²) in [6.45, 7) is 5.43. The molecule has 1 fully saturated rings. The van der Waals surface area contributed by atoms with E-state index >= 15 is 0 Å². The molecule has 1 atom stereocenters. The number of hydrogen-bond acceptors (Lipinski definition) is 6. The van der Waals surface area contributed by atoms with Gasteiger partial charge in [-0.2, -0.15) is 8.78 Å². The summed E-state index contributed by atoms with van der Waals surface area (Å²) in [5.74, 6) is -3.30. The van der Waals surface area contributed by atoms with E-state index < -0.39 is 31.1 Å². The molecular formula is C15H21F2N3O4S. The maximum atomic E-state index is 12.6. The molecule has 1 aromatic rings. The first-order valence-electron chi connectivity index (χ1n) is 8.02. The number of nitrogens with zero attached hydrogens (tertiary/aromatic N) is 2. The predicted molar refractivity (Wildman–Crippen MR) is 89.6 cm³/mol. The first kappa shape index (κ1) is 19.5. The number of sulfone groups is 1. The number of nitrogens with one attached hydrogen (secondary N) is 1. The molecule has 0 saturated carbocycles. The maximum Gasteiger partial charge on any atom is 0.341 e. The molecule has 0 radical (unpaired) electrons. The van der Waals surface area contributed by atoms with Crippen molar-refractivity contribution >= 4 is 21.2 Å². The number of rotatable bonds is 7. The smallest absolute Gasteiger partial charge is 0.341 e. The van der Waals surface area contributed by atoms with Crippen molar-refractivity contribution in [2.45, 2.75) is 30.4 Å². The third-order valence-electron chi connectivity index (χ3n) is 4.36. The average Bonchev–Trinajstić information content (AvgIpc) is 2.59. The highest BCUT2D eigenvalue weighted by atomic mass is 32.2. The molecule has 140 valence electrons. The highest BCUT2D eigenvalue weighted by Crippen LogP contribution is 2.30. The second kappa shape index (κ2) is 8.05. The van der Waals surface area contributed by atoms with Crippen molar-refractivity contribution in [1.82, 2.24) is 4.90 Å². The molecule has 0 bridgehead atoms. The monoisotopic (exact) mass is 377 g/mol. The van der Waals surface area contributed by atoms with Gasteiger partial charge in [0.2, 0.25) is 9.84 Å². The van der Waals surface area contributed by atoms with Crippen molar-refractivity contribution in [2.24, 2.45) is 5.92 Å². The predicted octanol–water partition coefficient (Wildman–Crippen LogP) is 2.73. The van der Waals surface area contributed by atoms with Gasteiger partial charge in [-0.25, -0.2) is 8.42 Å². The van der Waals surface area contributed by atoms with Gasteiger partial charge in [-0.3, -0.25) is 10.1 Å². The van der Waals surface area contributed by atoms with Gasteiger partial charge in [0.25, 0.3) is 5.69 Å². The molecule has 10 heteroatoms. The van der Waals surface area contributed by atoms with Gasteiger partial charge in [-0.1, -0.05) is 6.92 Å². The first-order valence-corrected chi connectivity index (χ1v) is 9.57. The number of hydrogen-bond donors (Lipinski definition) is 1. The molecule has 1 unspecified atom stereocenters. The molecule has 1 aromatic carbocycles. The minimum Gasteiger partial charge on any atom is -0.379 e. The molecule has 0 spiro atoms. The van der Waals surface area contributed by atoms with Gasteiger partial charge < -0.3 is 10.2 Å². The Labute approximate surface area is 145 Å². The minimum absolute atomic E-state index is 0.131. The van der Waals surface area contributed by atoms with Crippen molar-refractivity contribution in [3.05, 3.63) is 28.3 Å². The normalized spacial score (nSPS) is 19.1. The zero-order chi connectivity index (χ0) is 18.6. The Morgan fingerprint density at radius 1 is 1.44 bits per heavy atom. The Balaban J connectivity index is 2.17. The molecule has 0 amide bonds. The van der Waals surface area contributed by atoms with Gasteiger partial charge in [0.1, 0.15) is 5.69 Å². The summed E-state index contributed by atoms with van der Waals surface area (Å²) in [5, 5.41) is 14.2. The van der Waals surface area contributed by atoms with E-state index in [1.807, 2.05) is 0 Å². The number of nitro groups is 1. The van der Waals surface area contributed by atoms with Gasteiger partial charge in [-0.05, 0) is 44.0 Å². The van der Waals surface area contributed by atoms with Crippen LogP contribution in [0.15, 0.2) is 23.1 Å². The summed E-state index contributed by atoms with van der Waals surface area (Å²) in [5.41, 5.74) is -0.392. The molecule has 1 saturated heterocycles. The Bertz CT molecular complexity index is 727. The van der Waals surface area contributed by atoms with Gasteiger partial charge >= 0.3 is 5.76 Å². The van der Waals surface area contributed by atoms with Crippen molar-refractivity contribution in [2.75, 3.05) is 31.5 Å². The van der Waals surface area contributed by atoms with E-state index in [0.717, 1.165) is 38.5 Å². The largest absolute Gasteiger partial charge is 0.379 e. The van der Waals surface area contributed by atoms with Crippen LogP contribution in [0.4, 0.5) is 20.2 Å².